The Hall–Kier alpha value is -3.07. The number of aryl methyl sites for hydroxylation is 1. The van der Waals surface area contributed by atoms with Crippen LogP contribution in [-0.2, 0) is 6.61 Å². The summed E-state index contributed by atoms with van der Waals surface area (Å²) < 4.78 is 5.94. The predicted octanol–water partition coefficient (Wildman–Crippen LogP) is 5.12. The Morgan fingerprint density at radius 1 is 1.00 bits per heavy atom. The number of aromatic nitrogens is 2. The zero-order valence-corrected chi connectivity index (χ0v) is 13.5. The topological polar surface area (TPSA) is 37.9 Å². The van der Waals surface area contributed by atoms with Gasteiger partial charge in [0.05, 0.1) is 5.69 Å². The molecule has 0 atom stereocenters. The van der Waals surface area contributed by atoms with E-state index in [1.54, 1.807) is 6.20 Å². The molecule has 0 unspecified atom stereocenters. The van der Waals surface area contributed by atoms with Gasteiger partial charge in [-0.1, -0.05) is 30.3 Å². The van der Waals surface area contributed by atoms with Crippen LogP contribution in [0.2, 0.25) is 0 Å². The minimum Gasteiger partial charge on any atom is -0.489 e. The Kier molecular flexibility index (Phi) is 3.75. The fourth-order valence-electron chi connectivity index (χ4n) is 2.94. The minimum atomic E-state index is 0.575. The highest BCUT2D eigenvalue weighted by atomic mass is 16.5. The van der Waals surface area contributed by atoms with Gasteiger partial charge in [0.15, 0.2) is 0 Å². The highest BCUT2D eigenvalue weighted by molar-refractivity contribution is 5.91. The minimum absolute atomic E-state index is 0.575. The van der Waals surface area contributed by atoms with Gasteiger partial charge in [0, 0.05) is 28.9 Å². The lowest BCUT2D eigenvalue weighted by Crippen LogP contribution is -1.94. The van der Waals surface area contributed by atoms with E-state index in [1.807, 2.05) is 36.5 Å². The summed E-state index contributed by atoms with van der Waals surface area (Å²) in [6, 6.07) is 20.4. The molecule has 0 aliphatic carbocycles. The van der Waals surface area contributed by atoms with Crippen LogP contribution >= 0.6 is 0 Å². The molecular weight excluding hydrogens is 296 g/mol. The van der Waals surface area contributed by atoms with Crippen molar-refractivity contribution in [1.29, 1.82) is 0 Å². The Labute approximate surface area is 140 Å². The van der Waals surface area contributed by atoms with Crippen molar-refractivity contribution in [2.24, 2.45) is 0 Å². The quantitative estimate of drug-likeness (QED) is 0.568. The first-order chi connectivity index (χ1) is 11.8. The number of pyridine rings is 1. The smallest absolute Gasteiger partial charge is 0.120 e. The molecule has 0 amide bonds. The van der Waals surface area contributed by atoms with Crippen LogP contribution in [0.4, 0.5) is 0 Å². The van der Waals surface area contributed by atoms with Crippen molar-refractivity contribution in [2.45, 2.75) is 13.5 Å². The summed E-state index contributed by atoms with van der Waals surface area (Å²) in [5, 5.41) is 1.18. The van der Waals surface area contributed by atoms with Gasteiger partial charge in [0.25, 0.3) is 0 Å². The van der Waals surface area contributed by atoms with Gasteiger partial charge in [-0.15, -0.1) is 0 Å². The van der Waals surface area contributed by atoms with Crippen molar-refractivity contribution in [2.75, 3.05) is 0 Å². The fourth-order valence-corrected chi connectivity index (χ4v) is 2.94. The third-order valence-electron chi connectivity index (χ3n) is 4.23. The fraction of sp³-hybridized carbons (Fsp3) is 0.0952. The van der Waals surface area contributed by atoms with Crippen molar-refractivity contribution >= 4 is 10.9 Å². The maximum atomic E-state index is 5.94. The summed E-state index contributed by atoms with van der Waals surface area (Å²) in [4.78, 5) is 7.69. The molecule has 0 saturated heterocycles. The number of benzene rings is 2. The van der Waals surface area contributed by atoms with Crippen molar-refractivity contribution < 1.29 is 4.74 Å². The van der Waals surface area contributed by atoms with Crippen LogP contribution in [0.3, 0.4) is 0 Å². The second-order valence-electron chi connectivity index (χ2n) is 5.85. The second kappa shape index (κ2) is 6.20. The van der Waals surface area contributed by atoms with E-state index in [0.29, 0.717) is 6.61 Å². The first-order valence-corrected chi connectivity index (χ1v) is 8.01. The summed E-state index contributed by atoms with van der Waals surface area (Å²) >= 11 is 0. The molecule has 0 aliphatic heterocycles. The molecule has 0 fully saturated rings. The number of fused-ring (bicyclic) bond motifs is 1. The normalized spacial score (nSPS) is 10.9. The summed E-state index contributed by atoms with van der Waals surface area (Å²) in [5.41, 5.74) is 5.69. The van der Waals surface area contributed by atoms with E-state index in [1.165, 1.54) is 16.5 Å². The van der Waals surface area contributed by atoms with Gasteiger partial charge >= 0.3 is 0 Å². The number of rotatable bonds is 4. The molecule has 0 radical (unpaired) electrons. The van der Waals surface area contributed by atoms with Crippen LogP contribution in [0.15, 0.2) is 73.1 Å². The molecule has 2 aromatic carbocycles. The molecule has 1 N–H and O–H groups in total. The van der Waals surface area contributed by atoms with E-state index >= 15 is 0 Å². The van der Waals surface area contributed by atoms with E-state index in [0.717, 1.165) is 22.5 Å². The molecule has 4 rings (SSSR count). The standard InChI is InChI=1S/C21H18N2O/c1-15-19-12-18(24-14-16-6-3-2-4-7-16)9-10-20(19)23-21(15)17-8-5-11-22-13-17/h2-13,23H,14H2,1H3. The lowest BCUT2D eigenvalue weighted by Gasteiger charge is -2.06. The molecule has 3 heteroatoms. The van der Waals surface area contributed by atoms with Crippen LogP contribution in [0.1, 0.15) is 11.1 Å². The number of H-pyrrole nitrogens is 1. The zero-order valence-electron chi connectivity index (χ0n) is 13.5. The number of nitrogens with zero attached hydrogens (tertiary/aromatic N) is 1. The first-order valence-electron chi connectivity index (χ1n) is 8.01. The molecule has 4 aromatic rings. The monoisotopic (exact) mass is 314 g/mol. The highest BCUT2D eigenvalue weighted by Gasteiger charge is 2.10. The van der Waals surface area contributed by atoms with Crippen molar-refractivity contribution in [1.82, 2.24) is 9.97 Å². The molecule has 0 spiro atoms. The van der Waals surface area contributed by atoms with Crippen LogP contribution in [0.25, 0.3) is 22.2 Å². The van der Waals surface area contributed by atoms with E-state index in [9.17, 15) is 0 Å². The third-order valence-corrected chi connectivity index (χ3v) is 4.23. The number of nitrogens with one attached hydrogen (secondary N) is 1. The molecule has 3 nitrogen and oxygen atoms in total. The lowest BCUT2D eigenvalue weighted by molar-refractivity contribution is 0.306. The van der Waals surface area contributed by atoms with E-state index in [-0.39, 0.29) is 0 Å². The summed E-state index contributed by atoms with van der Waals surface area (Å²) in [6.45, 7) is 2.70. The van der Waals surface area contributed by atoms with E-state index in [4.69, 9.17) is 4.74 Å². The van der Waals surface area contributed by atoms with Gasteiger partial charge in [-0.25, -0.2) is 0 Å². The Bertz CT molecular complexity index is 959. The summed E-state index contributed by atoms with van der Waals surface area (Å²) in [5.74, 6) is 0.881. The van der Waals surface area contributed by atoms with Crippen LogP contribution in [-0.4, -0.2) is 9.97 Å². The molecular formula is C21H18N2O. The average molecular weight is 314 g/mol. The molecule has 2 aromatic heterocycles. The molecule has 0 aliphatic rings. The van der Waals surface area contributed by atoms with Gasteiger partial charge in [-0.05, 0) is 48.4 Å². The number of aromatic amines is 1. The summed E-state index contributed by atoms with van der Waals surface area (Å²) in [7, 11) is 0. The summed E-state index contributed by atoms with van der Waals surface area (Å²) in [6.07, 6.45) is 3.67. The first kappa shape index (κ1) is 14.5. The Morgan fingerprint density at radius 2 is 1.88 bits per heavy atom. The highest BCUT2D eigenvalue weighted by Crippen LogP contribution is 2.31. The Balaban J connectivity index is 1.64. The zero-order chi connectivity index (χ0) is 16.4. The largest absolute Gasteiger partial charge is 0.489 e. The van der Waals surface area contributed by atoms with E-state index in [2.05, 4.69) is 47.2 Å². The molecule has 0 saturated carbocycles. The molecule has 118 valence electrons. The second-order valence-corrected chi connectivity index (χ2v) is 5.85. The predicted molar refractivity (Wildman–Crippen MR) is 97.0 cm³/mol. The van der Waals surface area contributed by atoms with Crippen molar-refractivity contribution in [3.8, 4) is 17.0 Å². The van der Waals surface area contributed by atoms with Crippen LogP contribution < -0.4 is 4.74 Å². The van der Waals surface area contributed by atoms with Crippen molar-refractivity contribution in [3.63, 3.8) is 0 Å². The van der Waals surface area contributed by atoms with Gasteiger partial charge in [-0.2, -0.15) is 0 Å². The Morgan fingerprint density at radius 3 is 2.67 bits per heavy atom. The third kappa shape index (κ3) is 2.76. The average Bonchev–Trinajstić information content (AvgIpc) is 2.98. The number of ether oxygens (including phenoxy) is 1. The van der Waals surface area contributed by atoms with Gasteiger partial charge in [0.2, 0.25) is 0 Å². The molecule has 24 heavy (non-hydrogen) atoms. The van der Waals surface area contributed by atoms with Gasteiger partial charge in [0.1, 0.15) is 12.4 Å². The van der Waals surface area contributed by atoms with Crippen LogP contribution in [0, 0.1) is 6.92 Å². The maximum absolute atomic E-state index is 5.94. The lowest BCUT2D eigenvalue weighted by atomic mass is 10.1. The van der Waals surface area contributed by atoms with Crippen molar-refractivity contribution in [3.05, 3.63) is 84.2 Å². The number of hydrogen-bond donors (Lipinski definition) is 1. The van der Waals surface area contributed by atoms with Crippen LogP contribution in [0.5, 0.6) is 5.75 Å². The van der Waals surface area contributed by atoms with Gasteiger partial charge < -0.3 is 9.72 Å². The number of hydrogen-bond acceptors (Lipinski definition) is 2. The van der Waals surface area contributed by atoms with E-state index < -0.39 is 0 Å². The molecule has 2 heterocycles. The molecule has 0 bridgehead atoms. The van der Waals surface area contributed by atoms with Gasteiger partial charge in [-0.3, -0.25) is 4.98 Å². The SMILES string of the molecule is Cc1c(-c2cccnc2)[nH]c2ccc(OCc3ccccc3)cc12. The maximum Gasteiger partial charge on any atom is 0.120 e.